The molecule has 1 fully saturated rings. The Kier molecular flexibility index (Phi) is 3.06. The second-order valence-corrected chi connectivity index (χ2v) is 4.84. The van der Waals surface area contributed by atoms with Gasteiger partial charge in [-0.3, -0.25) is 0 Å². The van der Waals surface area contributed by atoms with E-state index < -0.39 is 0 Å². The van der Waals surface area contributed by atoms with Gasteiger partial charge in [0.25, 0.3) is 0 Å². The van der Waals surface area contributed by atoms with Crippen LogP contribution >= 0.6 is 0 Å². The first-order valence-corrected chi connectivity index (χ1v) is 6.53. The number of nitrogens with zero attached hydrogens (tertiary/aromatic N) is 2. The second-order valence-electron chi connectivity index (χ2n) is 4.84. The SMILES string of the molecule is Nc1ccc2nc(NCCN3CCCC3)[nH]c2c1. The maximum absolute atomic E-state index is 5.74. The number of fused-ring (bicyclic) bond motifs is 1. The van der Waals surface area contributed by atoms with Gasteiger partial charge in [0, 0.05) is 18.8 Å². The summed E-state index contributed by atoms with van der Waals surface area (Å²) in [6.07, 6.45) is 2.67. The summed E-state index contributed by atoms with van der Waals surface area (Å²) in [5.74, 6) is 0.829. The standard InChI is InChI=1S/C13H19N5/c14-10-3-4-11-12(9-10)17-13(16-11)15-5-8-18-6-1-2-7-18/h3-4,9H,1-2,5-8,14H2,(H2,15,16,17). The normalized spacial score (nSPS) is 16.4. The highest BCUT2D eigenvalue weighted by Gasteiger charge is 2.10. The largest absolute Gasteiger partial charge is 0.399 e. The van der Waals surface area contributed by atoms with E-state index in [0.717, 1.165) is 35.8 Å². The van der Waals surface area contributed by atoms with Crippen molar-refractivity contribution in [3.05, 3.63) is 18.2 Å². The van der Waals surface area contributed by atoms with Gasteiger partial charge in [-0.15, -0.1) is 0 Å². The molecule has 1 aromatic heterocycles. The lowest BCUT2D eigenvalue weighted by Gasteiger charge is -2.14. The number of rotatable bonds is 4. The smallest absolute Gasteiger partial charge is 0.201 e. The number of imidazole rings is 1. The number of benzene rings is 1. The number of anilines is 2. The van der Waals surface area contributed by atoms with Crippen molar-refractivity contribution in [3.8, 4) is 0 Å². The molecule has 96 valence electrons. The molecule has 0 unspecified atom stereocenters. The van der Waals surface area contributed by atoms with E-state index in [-0.39, 0.29) is 0 Å². The molecule has 2 heterocycles. The molecule has 0 saturated carbocycles. The van der Waals surface area contributed by atoms with Gasteiger partial charge in [-0.2, -0.15) is 0 Å². The highest BCUT2D eigenvalue weighted by atomic mass is 15.2. The van der Waals surface area contributed by atoms with Crippen LogP contribution in [0.15, 0.2) is 18.2 Å². The molecule has 0 amide bonds. The molecule has 0 aliphatic carbocycles. The third-order valence-corrected chi connectivity index (χ3v) is 3.43. The molecule has 4 N–H and O–H groups in total. The van der Waals surface area contributed by atoms with Crippen LogP contribution in [0.4, 0.5) is 11.6 Å². The van der Waals surface area contributed by atoms with Crippen molar-refractivity contribution >= 4 is 22.7 Å². The number of aromatic amines is 1. The molecule has 0 radical (unpaired) electrons. The Morgan fingerprint density at radius 2 is 2.17 bits per heavy atom. The van der Waals surface area contributed by atoms with Gasteiger partial charge in [0.05, 0.1) is 11.0 Å². The van der Waals surface area contributed by atoms with Gasteiger partial charge in [0.2, 0.25) is 5.95 Å². The van der Waals surface area contributed by atoms with Crippen molar-refractivity contribution in [2.75, 3.05) is 37.2 Å². The highest BCUT2D eigenvalue weighted by Crippen LogP contribution is 2.17. The number of hydrogen-bond donors (Lipinski definition) is 3. The lowest BCUT2D eigenvalue weighted by molar-refractivity contribution is 0.352. The Morgan fingerprint density at radius 3 is 3.00 bits per heavy atom. The fourth-order valence-corrected chi connectivity index (χ4v) is 2.45. The van der Waals surface area contributed by atoms with Gasteiger partial charge in [-0.05, 0) is 44.1 Å². The van der Waals surface area contributed by atoms with Crippen LogP contribution in [0.5, 0.6) is 0 Å². The summed E-state index contributed by atoms with van der Waals surface area (Å²) in [5, 5.41) is 3.33. The summed E-state index contributed by atoms with van der Waals surface area (Å²) < 4.78 is 0. The van der Waals surface area contributed by atoms with Crippen LogP contribution in [-0.4, -0.2) is 41.0 Å². The molecule has 1 aromatic carbocycles. The third kappa shape index (κ3) is 2.41. The van der Waals surface area contributed by atoms with E-state index in [2.05, 4.69) is 20.2 Å². The summed E-state index contributed by atoms with van der Waals surface area (Å²) in [5.41, 5.74) is 8.44. The van der Waals surface area contributed by atoms with Gasteiger partial charge in [0.1, 0.15) is 0 Å². The maximum atomic E-state index is 5.74. The second kappa shape index (κ2) is 4.86. The summed E-state index contributed by atoms with van der Waals surface area (Å²) in [6.45, 7) is 4.48. The van der Waals surface area contributed by atoms with E-state index in [1.165, 1.54) is 25.9 Å². The Balaban J connectivity index is 1.60. The van der Waals surface area contributed by atoms with E-state index in [1.807, 2.05) is 18.2 Å². The Bertz CT molecular complexity index is 527. The van der Waals surface area contributed by atoms with Gasteiger partial charge in [0.15, 0.2) is 0 Å². The zero-order chi connectivity index (χ0) is 12.4. The van der Waals surface area contributed by atoms with Crippen LogP contribution in [0.2, 0.25) is 0 Å². The van der Waals surface area contributed by atoms with Gasteiger partial charge < -0.3 is 20.9 Å². The molecule has 0 bridgehead atoms. The van der Waals surface area contributed by atoms with Crippen molar-refractivity contribution in [1.82, 2.24) is 14.9 Å². The predicted molar refractivity (Wildman–Crippen MR) is 74.7 cm³/mol. The highest BCUT2D eigenvalue weighted by molar-refractivity contribution is 5.80. The van der Waals surface area contributed by atoms with Crippen LogP contribution in [0, 0.1) is 0 Å². The van der Waals surface area contributed by atoms with Crippen molar-refractivity contribution in [1.29, 1.82) is 0 Å². The van der Waals surface area contributed by atoms with Gasteiger partial charge in [-0.1, -0.05) is 0 Å². The molecule has 2 aromatic rings. The summed E-state index contributed by atoms with van der Waals surface area (Å²) in [6, 6.07) is 5.72. The molecule has 1 saturated heterocycles. The minimum Gasteiger partial charge on any atom is -0.399 e. The number of nitrogens with two attached hydrogens (primary N) is 1. The van der Waals surface area contributed by atoms with Crippen LogP contribution < -0.4 is 11.1 Å². The van der Waals surface area contributed by atoms with Crippen molar-refractivity contribution in [2.45, 2.75) is 12.8 Å². The van der Waals surface area contributed by atoms with E-state index in [1.54, 1.807) is 0 Å². The molecule has 3 rings (SSSR count). The zero-order valence-corrected chi connectivity index (χ0v) is 10.4. The first-order chi connectivity index (χ1) is 8.81. The minimum atomic E-state index is 0.759. The Hall–Kier alpha value is -1.75. The number of nitrogen functional groups attached to an aromatic ring is 1. The van der Waals surface area contributed by atoms with E-state index in [0.29, 0.717) is 0 Å². The van der Waals surface area contributed by atoms with Crippen LogP contribution in [-0.2, 0) is 0 Å². The summed E-state index contributed by atoms with van der Waals surface area (Å²) >= 11 is 0. The van der Waals surface area contributed by atoms with Crippen LogP contribution in [0.3, 0.4) is 0 Å². The fourth-order valence-electron chi connectivity index (χ4n) is 2.45. The average molecular weight is 245 g/mol. The van der Waals surface area contributed by atoms with Crippen molar-refractivity contribution in [3.63, 3.8) is 0 Å². The molecule has 1 aliphatic rings. The van der Waals surface area contributed by atoms with Gasteiger partial charge in [-0.25, -0.2) is 4.98 Å². The number of H-pyrrole nitrogens is 1. The Labute approximate surface area is 106 Å². The van der Waals surface area contributed by atoms with Gasteiger partial charge >= 0.3 is 0 Å². The quantitative estimate of drug-likeness (QED) is 0.716. The fraction of sp³-hybridized carbons (Fsp3) is 0.462. The van der Waals surface area contributed by atoms with Crippen LogP contribution in [0.25, 0.3) is 11.0 Å². The molecule has 1 aliphatic heterocycles. The lowest BCUT2D eigenvalue weighted by Crippen LogP contribution is -2.26. The van der Waals surface area contributed by atoms with Crippen molar-refractivity contribution < 1.29 is 0 Å². The zero-order valence-electron chi connectivity index (χ0n) is 10.4. The lowest BCUT2D eigenvalue weighted by atomic mass is 10.3. The Morgan fingerprint density at radius 1 is 1.33 bits per heavy atom. The van der Waals surface area contributed by atoms with Crippen LogP contribution in [0.1, 0.15) is 12.8 Å². The molecule has 5 nitrogen and oxygen atoms in total. The first-order valence-electron chi connectivity index (χ1n) is 6.53. The molecule has 18 heavy (non-hydrogen) atoms. The summed E-state index contributed by atoms with van der Waals surface area (Å²) in [7, 11) is 0. The maximum Gasteiger partial charge on any atom is 0.201 e. The number of likely N-dealkylation sites (tertiary alicyclic amines) is 1. The molecular weight excluding hydrogens is 226 g/mol. The third-order valence-electron chi connectivity index (χ3n) is 3.43. The number of nitrogens with one attached hydrogen (secondary N) is 2. The predicted octanol–water partition coefficient (Wildman–Crippen LogP) is 1.65. The number of aromatic nitrogens is 2. The molecule has 5 heteroatoms. The van der Waals surface area contributed by atoms with E-state index in [9.17, 15) is 0 Å². The molecular formula is C13H19N5. The minimum absolute atomic E-state index is 0.759. The molecule has 0 spiro atoms. The first kappa shape index (κ1) is 11.3. The number of hydrogen-bond acceptors (Lipinski definition) is 4. The monoisotopic (exact) mass is 245 g/mol. The average Bonchev–Trinajstić information content (AvgIpc) is 2.97. The van der Waals surface area contributed by atoms with E-state index >= 15 is 0 Å². The van der Waals surface area contributed by atoms with Crippen molar-refractivity contribution in [2.24, 2.45) is 0 Å². The molecule has 0 atom stereocenters. The summed E-state index contributed by atoms with van der Waals surface area (Å²) in [4.78, 5) is 10.2. The topological polar surface area (TPSA) is 70.0 Å². The van der Waals surface area contributed by atoms with E-state index in [4.69, 9.17) is 5.73 Å².